The second-order valence-corrected chi connectivity index (χ2v) is 11.5. The van der Waals surface area contributed by atoms with Crippen LogP contribution < -0.4 is 9.80 Å². The summed E-state index contributed by atoms with van der Waals surface area (Å²) in [6, 6.07) is 68.0. The zero-order chi connectivity index (χ0) is 32.4. The van der Waals surface area contributed by atoms with Crippen molar-refractivity contribution in [3.05, 3.63) is 216 Å². The molecule has 232 valence electrons. The van der Waals surface area contributed by atoms with Crippen LogP contribution >= 0.6 is 0 Å². The van der Waals surface area contributed by atoms with Crippen molar-refractivity contribution >= 4 is 58.4 Å². The van der Waals surface area contributed by atoms with Crippen LogP contribution in [0, 0.1) is 0 Å². The van der Waals surface area contributed by atoms with Gasteiger partial charge in [0.15, 0.2) is 0 Å². The van der Waals surface area contributed by atoms with Crippen molar-refractivity contribution in [3.8, 4) is 0 Å². The van der Waals surface area contributed by atoms with Gasteiger partial charge in [0.2, 0.25) is 0 Å². The number of hydrogen-bond acceptors (Lipinski definition) is 2. The van der Waals surface area contributed by atoms with E-state index in [4.69, 9.17) is 0 Å². The van der Waals surface area contributed by atoms with Crippen LogP contribution in [0.2, 0.25) is 0 Å². The van der Waals surface area contributed by atoms with Crippen LogP contribution in [0.25, 0.3) is 24.3 Å². The Hall–Kier alpha value is -6.38. The molecule has 0 spiro atoms. The number of benzene rings is 7. The minimum atomic E-state index is 0. The van der Waals surface area contributed by atoms with Gasteiger partial charge in [-0.25, -0.2) is 0 Å². The van der Waals surface area contributed by atoms with Crippen LogP contribution in [0.1, 0.15) is 23.7 Å². The molecule has 0 aromatic heterocycles. The molecule has 7 aromatic rings. The fourth-order valence-corrected chi connectivity index (χ4v) is 5.77. The van der Waals surface area contributed by atoms with E-state index in [2.05, 4.69) is 228 Å². The fraction of sp³-hybridized carbons (Fsp3) is 0. The Morgan fingerprint density at radius 1 is 0.229 bits per heavy atom. The minimum absolute atomic E-state index is 0. The molecule has 0 amide bonds. The molecular weight excluding hydrogens is 581 g/mol. The SMILES string of the molecule is C(=Cc1ccc(N(c2ccccc2)c2ccccc2)cc1)c1ccc(C=Cc2ccc(N(c3ccccc3)c3ccccc3)cc2)cc1.[2HH]. The summed E-state index contributed by atoms with van der Waals surface area (Å²) in [6.45, 7) is 0. The number of nitrogens with zero attached hydrogens (tertiary/aromatic N) is 2. The minimum Gasteiger partial charge on any atom is -0.311 e. The molecule has 0 unspecified atom stereocenters. The highest BCUT2D eigenvalue weighted by molar-refractivity contribution is 5.80. The zero-order valence-electron chi connectivity index (χ0n) is 26.7. The third-order valence-corrected chi connectivity index (χ3v) is 8.23. The zero-order valence-corrected chi connectivity index (χ0v) is 26.7. The summed E-state index contributed by atoms with van der Waals surface area (Å²) in [5.41, 5.74) is 11.4. The maximum absolute atomic E-state index is 2.28. The lowest BCUT2D eigenvalue weighted by atomic mass is 10.1. The van der Waals surface area contributed by atoms with Crippen molar-refractivity contribution in [2.75, 3.05) is 9.80 Å². The van der Waals surface area contributed by atoms with E-state index < -0.39 is 0 Å². The first-order chi connectivity index (χ1) is 23.8. The Morgan fingerprint density at radius 2 is 0.417 bits per heavy atom. The van der Waals surface area contributed by atoms with E-state index in [1.807, 2.05) is 0 Å². The molecule has 0 radical (unpaired) electrons. The lowest BCUT2D eigenvalue weighted by Gasteiger charge is -2.25. The van der Waals surface area contributed by atoms with Gasteiger partial charge in [-0.3, -0.25) is 0 Å². The number of rotatable bonds is 10. The summed E-state index contributed by atoms with van der Waals surface area (Å²) in [7, 11) is 0. The number of hydrogen-bond donors (Lipinski definition) is 0. The monoisotopic (exact) mass is 619 g/mol. The topological polar surface area (TPSA) is 6.48 Å². The Bertz CT molecular complexity index is 1840. The van der Waals surface area contributed by atoms with E-state index in [0.29, 0.717) is 0 Å². The predicted molar refractivity (Wildman–Crippen MR) is 209 cm³/mol. The lowest BCUT2D eigenvalue weighted by Crippen LogP contribution is -2.09. The van der Waals surface area contributed by atoms with Crippen LogP contribution in [0.4, 0.5) is 34.1 Å². The van der Waals surface area contributed by atoms with Crippen molar-refractivity contribution < 1.29 is 1.43 Å². The van der Waals surface area contributed by atoms with E-state index in [1.165, 1.54) is 0 Å². The van der Waals surface area contributed by atoms with Gasteiger partial charge in [0, 0.05) is 35.6 Å². The summed E-state index contributed by atoms with van der Waals surface area (Å²) in [5, 5.41) is 0. The Morgan fingerprint density at radius 3 is 0.646 bits per heavy atom. The van der Waals surface area contributed by atoms with Gasteiger partial charge in [0.05, 0.1) is 0 Å². The largest absolute Gasteiger partial charge is 0.311 e. The van der Waals surface area contributed by atoms with Crippen molar-refractivity contribution in [2.24, 2.45) is 0 Å². The summed E-state index contributed by atoms with van der Waals surface area (Å²) >= 11 is 0. The predicted octanol–water partition coefficient (Wildman–Crippen LogP) is 13.2. The molecule has 0 aliphatic carbocycles. The lowest BCUT2D eigenvalue weighted by molar-refractivity contribution is 1.28. The standard InChI is InChI=1S/C46H36N2.H2/c1-5-13-41(14-6-1)47(42-15-7-2-8-16-42)45-33-29-39(30-34-45)27-25-37-21-23-38(24-22-37)26-28-40-31-35-46(36-32-40)48(43-17-9-3-10-18-43)44-19-11-4-12-20-44;/h1-36H;1H/i;1+1. The van der Waals surface area contributed by atoms with Crippen LogP contribution in [-0.4, -0.2) is 0 Å². The Labute approximate surface area is 285 Å². The second kappa shape index (κ2) is 14.8. The molecule has 0 saturated heterocycles. The van der Waals surface area contributed by atoms with E-state index in [1.54, 1.807) is 0 Å². The highest BCUT2D eigenvalue weighted by atomic mass is 15.1. The molecule has 48 heavy (non-hydrogen) atoms. The maximum atomic E-state index is 2.28. The molecule has 7 aromatic carbocycles. The van der Waals surface area contributed by atoms with Crippen LogP contribution in [0.15, 0.2) is 194 Å². The highest BCUT2D eigenvalue weighted by Gasteiger charge is 2.12. The molecule has 7 rings (SSSR count). The van der Waals surface area contributed by atoms with Gasteiger partial charge in [-0.15, -0.1) is 0 Å². The normalized spacial score (nSPS) is 11.2. The van der Waals surface area contributed by atoms with E-state index in [9.17, 15) is 0 Å². The van der Waals surface area contributed by atoms with Crippen molar-refractivity contribution in [1.82, 2.24) is 0 Å². The average Bonchev–Trinajstić information content (AvgIpc) is 3.17. The van der Waals surface area contributed by atoms with Gasteiger partial charge < -0.3 is 9.80 Å². The van der Waals surface area contributed by atoms with E-state index in [0.717, 1.165) is 56.4 Å². The summed E-state index contributed by atoms with van der Waals surface area (Å²) in [5.74, 6) is 0. The van der Waals surface area contributed by atoms with Crippen molar-refractivity contribution in [2.45, 2.75) is 0 Å². The first-order valence-corrected chi connectivity index (χ1v) is 16.3. The molecule has 2 heteroatoms. The van der Waals surface area contributed by atoms with Crippen LogP contribution in [-0.2, 0) is 0 Å². The first-order valence-electron chi connectivity index (χ1n) is 16.3. The van der Waals surface area contributed by atoms with Gasteiger partial charge >= 0.3 is 0 Å². The molecule has 0 heterocycles. The molecule has 2 nitrogen and oxygen atoms in total. The van der Waals surface area contributed by atoms with Gasteiger partial charge in [0.25, 0.3) is 0 Å². The molecule has 0 N–H and O–H groups in total. The van der Waals surface area contributed by atoms with E-state index in [-0.39, 0.29) is 1.43 Å². The number of anilines is 6. The van der Waals surface area contributed by atoms with Crippen molar-refractivity contribution in [1.29, 1.82) is 0 Å². The Balaban J connectivity index is 0.00000417. The van der Waals surface area contributed by atoms with Gasteiger partial charge in [-0.05, 0) is 95.1 Å². The molecule has 0 bridgehead atoms. The van der Waals surface area contributed by atoms with Gasteiger partial charge in [-0.2, -0.15) is 0 Å². The molecule has 0 saturated carbocycles. The summed E-state index contributed by atoms with van der Waals surface area (Å²) < 4.78 is 0. The average molecular weight is 620 g/mol. The quantitative estimate of drug-likeness (QED) is 0.141. The second-order valence-electron chi connectivity index (χ2n) is 11.5. The smallest absolute Gasteiger partial charge is 0.0462 e. The third-order valence-electron chi connectivity index (χ3n) is 8.23. The number of para-hydroxylation sites is 4. The fourth-order valence-electron chi connectivity index (χ4n) is 5.77. The van der Waals surface area contributed by atoms with Crippen molar-refractivity contribution in [3.63, 3.8) is 0 Å². The van der Waals surface area contributed by atoms with Gasteiger partial charge in [-0.1, -0.05) is 146 Å². The van der Waals surface area contributed by atoms with E-state index >= 15 is 0 Å². The maximum Gasteiger partial charge on any atom is 0.0462 e. The summed E-state index contributed by atoms with van der Waals surface area (Å²) in [4.78, 5) is 4.55. The van der Waals surface area contributed by atoms with Gasteiger partial charge in [0.1, 0.15) is 0 Å². The van der Waals surface area contributed by atoms with Crippen LogP contribution in [0.5, 0.6) is 0 Å². The first kappa shape index (κ1) is 30.3. The molecule has 0 aliphatic rings. The molecule has 0 aliphatic heterocycles. The highest BCUT2D eigenvalue weighted by Crippen LogP contribution is 2.35. The summed E-state index contributed by atoms with van der Waals surface area (Å²) in [6.07, 6.45) is 8.66. The third kappa shape index (κ3) is 7.36. The molecule has 0 fully saturated rings. The Kier molecular flexibility index (Phi) is 9.34. The molecule has 0 atom stereocenters. The molecular formula is C46H38N2. The van der Waals surface area contributed by atoms with Crippen LogP contribution in [0.3, 0.4) is 0 Å².